The molecule has 0 bridgehead atoms. The molecule has 0 spiro atoms. The lowest BCUT2D eigenvalue weighted by Crippen LogP contribution is -2.25. The van der Waals surface area contributed by atoms with E-state index >= 15 is 0 Å². The fraction of sp³-hybridized carbons (Fsp3) is 0.408. The molecular formula is C98H138ClN3O6. The fourth-order valence-electron chi connectivity index (χ4n) is 12.2. The Balaban J connectivity index is 0. The molecule has 0 heterocycles. The summed E-state index contributed by atoms with van der Waals surface area (Å²) < 4.78 is 9.81. The van der Waals surface area contributed by atoms with Gasteiger partial charge in [-0.05, 0) is 243 Å². The van der Waals surface area contributed by atoms with Crippen LogP contribution >= 0.6 is 11.6 Å². The fourth-order valence-corrected chi connectivity index (χ4v) is 12.4. The van der Waals surface area contributed by atoms with Gasteiger partial charge in [0.25, 0.3) is 0 Å². The van der Waals surface area contributed by atoms with E-state index in [-0.39, 0.29) is 26.1 Å². The molecule has 0 saturated carbocycles. The zero-order valence-corrected chi connectivity index (χ0v) is 70.9. The molecule has 7 aromatic carbocycles. The molecule has 0 fully saturated rings. The van der Waals surface area contributed by atoms with Gasteiger partial charge in [0.05, 0.1) is 19.8 Å². The Hall–Kier alpha value is -8.91. The first-order valence-corrected chi connectivity index (χ1v) is 39.9. The standard InChI is InChI=1S/C15H19NO2.C13H14O2.C12H11N.C12H15N.C11H11Cl.C11H12O.C9H10O.7C2H6.CH4/c1-3-18-15(17)16-8-7-12-9-13-6-4-5-11(2)14(13)10-12;1-3-15-13(14)11-7-10-6-4-5-9(2)12(10)8-11;1-9-4-3-5-11-6-10(8-13-2)7-12(9)11;1-9-3-2-4-11-7-10(5-6-13)8-12(9)11;2*1-8-3-2-4-10-5-9(7-12)6-11(8)10;1-7-4-3-5-9(6-10)8(7)2;7*1-2;/h4-6,9H,3,7-8,10H2,1-2H3,(H,16,17);4-7H,3,8H2,1-2H3;3-6H,7-8H2,1H3;2-4,7H,5-6,8,13H2,1H3;2-5H,6-7H2,1H3;2-5,12H,6-7H2,1H3;3-6H,1-2H3;7*1-2H3;1H4. The van der Waals surface area contributed by atoms with Gasteiger partial charge in [-0.1, -0.05) is 273 Å². The number of benzene rings is 7. The number of ether oxygens (including phenoxy) is 2. The first-order valence-electron chi connectivity index (χ1n) is 39.4. The maximum absolute atomic E-state index is 11.5. The van der Waals surface area contributed by atoms with Crippen LogP contribution in [0.4, 0.5) is 4.79 Å². The summed E-state index contributed by atoms with van der Waals surface area (Å²) in [6.07, 6.45) is 21.2. The van der Waals surface area contributed by atoms with E-state index in [1.54, 1.807) is 6.92 Å². The lowest BCUT2D eigenvalue weighted by molar-refractivity contribution is -0.138. The summed E-state index contributed by atoms with van der Waals surface area (Å²) in [6, 6.07) is 43.7. The van der Waals surface area contributed by atoms with Gasteiger partial charge in [0.15, 0.2) is 0 Å². The summed E-state index contributed by atoms with van der Waals surface area (Å²) in [5.41, 5.74) is 40.1. The average Bonchev–Trinajstić information content (AvgIpc) is 1.72. The van der Waals surface area contributed by atoms with Crippen molar-refractivity contribution < 1.29 is 29.0 Å². The van der Waals surface area contributed by atoms with Crippen LogP contribution in [0, 0.1) is 62.0 Å². The third-order valence-corrected chi connectivity index (χ3v) is 18.0. The highest BCUT2D eigenvalue weighted by Gasteiger charge is 2.22. The summed E-state index contributed by atoms with van der Waals surface area (Å²) in [7, 11) is 0. The molecule has 0 atom stereocenters. The Kier molecular flexibility index (Phi) is 55.3. The number of allylic oxidation sites excluding steroid dienone is 1. The highest BCUT2D eigenvalue weighted by Crippen LogP contribution is 2.33. The average molecular weight is 1490 g/mol. The minimum Gasteiger partial charge on any atom is -0.463 e. The van der Waals surface area contributed by atoms with Crippen LogP contribution in [0.15, 0.2) is 161 Å². The number of amides is 1. The molecule has 7 aromatic rings. The van der Waals surface area contributed by atoms with Crippen molar-refractivity contribution in [2.75, 3.05) is 45.3 Å². The first kappa shape index (κ1) is 101. The number of hydrogen-bond donors (Lipinski definition) is 3. The van der Waals surface area contributed by atoms with Crippen LogP contribution in [0.3, 0.4) is 0 Å². The molecule has 588 valence electrons. The van der Waals surface area contributed by atoms with Crippen molar-refractivity contribution in [2.45, 2.75) is 225 Å². The van der Waals surface area contributed by atoms with Crippen molar-refractivity contribution in [3.8, 4) is 0 Å². The number of alkyl halides is 1. The quantitative estimate of drug-likeness (QED) is 0.0480. The maximum atomic E-state index is 11.5. The van der Waals surface area contributed by atoms with Gasteiger partial charge < -0.3 is 30.5 Å². The second kappa shape index (κ2) is 59.1. The van der Waals surface area contributed by atoms with Crippen LogP contribution in [0.2, 0.25) is 0 Å². The van der Waals surface area contributed by atoms with Crippen LogP contribution in [0.5, 0.6) is 0 Å². The van der Waals surface area contributed by atoms with Gasteiger partial charge in [-0.3, -0.25) is 4.79 Å². The highest BCUT2D eigenvalue weighted by molar-refractivity contribution is 6.20. The number of fused-ring (bicyclic) bond motifs is 6. The maximum Gasteiger partial charge on any atom is 0.407 e. The van der Waals surface area contributed by atoms with Gasteiger partial charge in [-0.15, -0.1) is 11.6 Å². The number of nitrogens with one attached hydrogen (secondary N) is 1. The molecule has 0 radical (unpaired) electrons. The van der Waals surface area contributed by atoms with E-state index in [1.165, 1.54) is 122 Å². The SMILES string of the molecule is C.CC.CC.CC.CC.CC.CC.CC.CCOC(=O)C1=Cc2cccc(C)c2C1.CCOC(=O)NCCC1=Cc2cccc(C)c2C1.Cc1cccc(C=O)c1C.Cc1cccc2c1CC(CCN)=C2.Cc1cccc2c1CC(CCl)=C2.Cc1cccc2c1CC(CO)=C2.[C-]#[N+]CC1=Cc2cccc(C)c2C1. The summed E-state index contributed by atoms with van der Waals surface area (Å²) in [5.74, 6) is 0.474. The molecule has 6 aliphatic carbocycles. The predicted molar refractivity (Wildman–Crippen MR) is 474 cm³/mol. The van der Waals surface area contributed by atoms with Gasteiger partial charge >= 0.3 is 12.1 Å². The summed E-state index contributed by atoms with van der Waals surface area (Å²) in [4.78, 5) is 36.5. The summed E-state index contributed by atoms with van der Waals surface area (Å²) in [5, 5.41) is 11.7. The van der Waals surface area contributed by atoms with E-state index in [0.717, 1.165) is 85.6 Å². The molecule has 13 rings (SSSR count). The van der Waals surface area contributed by atoms with Crippen LogP contribution in [-0.2, 0) is 52.8 Å². The third kappa shape index (κ3) is 32.9. The van der Waals surface area contributed by atoms with Crippen molar-refractivity contribution >= 4 is 66.4 Å². The van der Waals surface area contributed by atoms with Crippen molar-refractivity contribution in [3.63, 3.8) is 0 Å². The number of nitrogens with two attached hydrogens (primary N) is 1. The minimum atomic E-state index is -0.329. The molecule has 4 N–H and O–H groups in total. The Morgan fingerprint density at radius 2 is 0.769 bits per heavy atom. The van der Waals surface area contributed by atoms with Gasteiger partial charge in [0, 0.05) is 42.0 Å². The molecule has 0 aromatic heterocycles. The Morgan fingerprint density at radius 1 is 0.454 bits per heavy atom. The number of esters is 1. The van der Waals surface area contributed by atoms with Crippen molar-refractivity contribution in [1.82, 2.24) is 5.32 Å². The van der Waals surface area contributed by atoms with Gasteiger partial charge in [0.2, 0.25) is 6.54 Å². The van der Waals surface area contributed by atoms with Crippen molar-refractivity contribution in [1.29, 1.82) is 0 Å². The van der Waals surface area contributed by atoms with Crippen LogP contribution in [-0.4, -0.2) is 68.8 Å². The number of alkyl carbamates (subject to hydrolysis) is 1. The summed E-state index contributed by atoms with van der Waals surface area (Å²) in [6.45, 7) is 58.2. The number of carbonyl (C=O) groups excluding carboxylic acids is 3. The number of halogens is 1. The molecular weight excluding hydrogens is 1350 g/mol. The van der Waals surface area contributed by atoms with Crippen LogP contribution < -0.4 is 11.1 Å². The lowest BCUT2D eigenvalue weighted by Gasteiger charge is -2.06. The van der Waals surface area contributed by atoms with Crippen LogP contribution in [0.25, 0.3) is 41.3 Å². The minimum absolute atomic E-state index is 0. The third-order valence-electron chi connectivity index (χ3n) is 17.6. The number of nitrogens with zero attached hydrogens (tertiary/aromatic N) is 1. The van der Waals surface area contributed by atoms with E-state index in [1.807, 2.05) is 154 Å². The normalized spacial score (nSPS) is 11.8. The molecule has 108 heavy (non-hydrogen) atoms. The molecule has 0 aliphatic heterocycles. The molecule has 10 heteroatoms. The van der Waals surface area contributed by atoms with E-state index in [2.05, 4.69) is 179 Å². The van der Waals surface area contributed by atoms with E-state index in [4.69, 9.17) is 38.5 Å². The predicted octanol–water partition coefficient (Wildman–Crippen LogP) is 25.7. The van der Waals surface area contributed by atoms with Crippen molar-refractivity contribution in [3.05, 3.63) is 289 Å². The second-order valence-corrected chi connectivity index (χ2v) is 24.5. The molecule has 6 aliphatic rings. The first-order chi connectivity index (χ1) is 51.9. The smallest absolute Gasteiger partial charge is 0.407 e. The van der Waals surface area contributed by atoms with Gasteiger partial charge in [0.1, 0.15) is 6.29 Å². The van der Waals surface area contributed by atoms with Crippen LogP contribution in [0.1, 0.15) is 253 Å². The number of carbonyl (C=O) groups is 3. The number of aliphatic hydroxyl groups excluding tert-OH is 1. The summed E-state index contributed by atoms with van der Waals surface area (Å²) >= 11 is 5.78. The van der Waals surface area contributed by atoms with Gasteiger partial charge in [-0.25, -0.2) is 16.2 Å². The largest absolute Gasteiger partial charge is 0.463 e. The zero-order chi connectivity index (χ0) is 81.0. The number of aldehydes is 1. The monoisotopic (exact) mass is 1490 g/mol. The number of aliphatic hydroxyl groups is 1. The zero-order valence-electron chi connectivity index (χ0n) is 70.2. The molecule has 1 amide bonds. The lowest BCUT2D eigenvalue weighted by atomic mass is 10.0. The second-order valence-electron chi connectivity index (χ2n) is 24.3. The highest BCUT2D eigenvalue weighted by atomic mass is 35.5. The Bertz CT molecular complexity index is 3990. The molecule has 9 nitrogen and oxygen atoms in total. The number of aryl methyl sites for hydroxylation is 7. The Labute approximate surface area is 661 Å². The Morgan fingerprint density at radius 3 is 1.10 bits per heavy atom. The number of hydrogen-bond acceptors (Lipinski definition) is 7. The topological polar surface area (TPSA) is 132 Å². The number of rotatable bonds is 12. The van der Waals surface area contributed by atoms with Crippen molar-refractivity contribution in [2.24, 2.45) is 5.73 Å². The van der Waals surface area contributed by atoms with E-state index in [0.29, 0.717) is 38.6 Å². The van der Waals surface area contributed by atoms with Gasteiger partial charge in [-0.2, -0.15) is 0 Å². The molecule has 0 saturated heterocycles. The molecule has 0 unspecified atom stereocenters. The van der Waals surface area contributed by atoms with E-state index < -0.39 is 0 Å². The van der Waals surface area contributed by atoms with E-state index in [9.17, 15) is 14.4 Å².